The van der Waals surface area contributed by atoms with Crippen molar-refractivity contribution in [2.75, 3.05) is 26.9 Å². The van der Waals surface area contributed by atoms with Gasteiger partial charge >= 0.3 is 0 Å². The van der Waals surface area contributed by atoms with Gasteiger partial charge in [-0.3, -0.25) is 0 Å². The van der Waals surface area contributed by atoms with E-state index < -0.39 is 0 Å². The second kappa shape index (κ2) is 8.13. The van der Waals surface area contributed by atoms with Gasteiger partial charge in [-0.2, -0.15) is 0 Å². The lowest BCUT2D eigenvalue weighted by atomic mass is 9.59. The van der Waals surface area contributed by atoms with Crippen LogP contribution in [0.5, 0.6) is 0 Å². The summed E-state index contributed by atoms with van der Waals surface area (Å²) in [6.45, 7) is 9.10. The van der Waals surface area contributed by atoms with Crippen LogP contribution in [0.2, 0.25) is 0 Å². The van der Waals surface area contributed by atoms with Gasteiger partial charge in [0, 0.05) is 18.1 Å². The van der Waals surface area contributed by atoms with E-state index in [0.717, 1.165) is 32.7 Å². The van der Waals surface area contributed by atoms with Crippen LogP contribution in [0.15, 0.2) is 0 Å². The van der Waals surface area contributed by atoms with Crippen molar-refractivity contribution in [3.8, 4) is 0 Å². The number of rotatable bonds is 10. The minimum Gasteiger partial charge on any atom is -0.379 e. The first-order chi connectivity index (χ1) is 8.75. The summed E-state index contributed by atoms with van der Waals surface area (Å²) in [5.41, 5.74) is 0.345. The molecule has 0 aromatic carbocycles. The molecule has 2 atom stereocenters. The molecule has 18 heavy (non-hydrogen) atoms. The molecule has 0 heterocycles. The maximum atomic E-state index is 6.02. The molecule has 1 fully saturated rings. The fourth-order valence-electron chi connectivity index (χ4n) is 3.18. The molecule has 0 aromatic heterocycles. The second-order valence-corrected chi connectivity index (χ2v) is 5.34. The molecule has 108 valence electrons. The standard InChI is InChI=1S/C15H31NO2/c1-5-8-9-17-10-11-18-14-12-13(16-4)15(14,6-2)7-3/h13-14,16H,5-12H2,1-4H3. The van der Waals surface area contributed by atoms with Gasteiger partial charge in [0.2, 0.25) is 0 Å². The summed E-state index contributed by atoms with van der Waals surface area (Å²) in [5.74, 6) is 0. The van der Waals surface area contributed by atoms with E-state index in [4.69, 9.17) is 9.47 Å². The molecule has 1 rings (SSSR count). The summed E-state index contributed by atoms with van der Waals surface area (Å²) in [6, 6.07) is 0.624. The predicted molar refractivity (Wildman–Crippen MR) is 75.9 cm³/mol. The van der Waals surface area contributed by atoms with Crippen molar-refractivity contribution in [1.29, 1.82) is 0 Å². The van der Waals surface area contributed by atoms with Crippen LogP contribution in [0, 0.1) is 5.41 Å². The Balaban J connectivity index is 2.22. The topological polar surface area (TPSA) is 30.5 Å². The molecule has 0 bridgehead atoms. The highest BCUT2D eigenvalue weighted by Gasteiger charge is 2.52. The summed E-state index contributed by atoms with van der Waals surface area (Å²) < 4.78 is 11.6. The van der Waals surface area contributed by atoms with Gasteiger partial charge in [-0.15, -0.1) is 0 Å². The molecular weight excluding hydrogens is 226 g/mol. The number of hydrogen-bond acceptors (Lipinski definition) is 3. The van der Waals surface area contributed by atoms with E-state index in [9.17, 15) is 0 Å². The van der Waals surface area contributed by atoms with Crippen molar-refractivity contribution in [3.63, 3.8) is 0 Å². The van der Waals surface area contributed by atoms with Gasteiger partial charge in [-0.05, 0) is 32.7 Å². The van der Waals surface area contributed by atoms with Crippen LogP contribution in [0.3, 0.4) is 0 Å². The van der Waals surface area contributed by atoms with Crippen molar-refractivity contribution >= 4 is 0 Å². The summed E-state index contributed by atoms with van der Waals surface area (Å²) >= 11 is 0. The van der Waals surface area contributed by atoms with Crippen LogP contribution in [-0.2, 0) is 9.47 Å². The predicted octanol–water partition coefficient (Wildman–Crippen LogP) is 2.99. The Hall–Kier alpha value is -0.120. The molecule has 3 nitrogen and oxygen atoms in total. The Morgan fingerprint density at radius 2 is 1.83 bits per heavy atom. The third-order valence-corrected chi connectivity index (χ3v) is 4.64. The van der Waals surface area contributed by atoms with E-state index >= 15 is 0 Å². The third-order valence-electron chi connectivity index (χ3n) is 4.64. The minimum absolute atomic E-state index is 0.345. The lowest BCUT2D eigenvalue weighted by molar-refractivity contribution is -0.146. The first-order valence-electron chi connectivity index (χ1n) is 7.61. The second-order valence-electron chi connectivity index (χ2n) is 5.34. The smallest absolute Gasteiger partial charge is 0.0704 e. The van der Waals surface area contributed by atoms with Crippen molar-refractivity contribution in [3.05, 3.63) is 0 Å². The van der Waals surface area contributed by atoms with Crippen molar-refractivity contribution in [1.82, 2.24) is 5.32 Å². The Labute approximate surface area is 113 Å². The van der Waals surface area contributed by atoms with Crippen LogP contribution >= 0.6 is 0 Å². The molecule has 1 saturated carbocycles. The zero-order valence-corrected chi connectivity index (χ0v) is 12.6. The lowest BCUT2D eigenvalue weighted by Gasteiger charge is -2.55. The number of unbranched alkanes of at least 4 members (excludes halogenated alkanes) is 1. The van der Waals surface area contributed by atoms with E-state index in [2.05, 4.69) is 33.1 Å². The molecule has 0 saturated heterocycles. The minimum atomic E-state index is 0.345. The Kier molecular flexibility index (Phi) is 7.20. The fourth-order valence-corrected chi connectivity index (χ4v) is 3.18. The van der Waals surface area contributed by atoms with Crippen molar-refractivity contribution in [2.24, 2.45) is 5.41 Å². The molecule has 3 heteroatoms. The molecule has 1 N–H and O–H groups in total. The molecule has 0 aliphatic heterocycles. The van der Waals surface area contributed by atoms with Crippen LogP contribution in [0.1, 0.15) is 52.9 Å². The van der Waals surface area contributed by atoms with Crippen LogP contribution < -0.4 is 5.32 Å². The number of nitrogens with one attached hydrogen (secondary N) is 1. The van der Waals surface area contributed by atoms with Crippen LogP contribution in [0.25, 0.3) is 0 Å². The molecule has 0 radical (unpaired) electrons. The maximum Gasteiger partial charge on any atom is 0.0704 e. The SMILES string of the molecule is CCCCOCCOC1CC(NC)C1(CC)CC. The van der Waals surface area contributed by atoms with E-state index in [1.807, 2.05) is 0 Å². The summed E-state index contributed by atoms with van der Waals surface area (Å²) in [6.07, 6.45) is 6.29. The quantitative estimate of drug-likeness (QED) is 0.610. The normalized spacial score (nSPS) is 26.0. The van der Waals surface area contributed by atoms with Gasteiger partial charge in [0.25, 0.3) is 0 Å². The summed E-state index contributed by atoms with van der Waals surface area (Å²) in [5, 5.41) is 3.43. The van der Waals surface area contributed by atoms with Crippen molar-refractivity contribution in [2.45, 2.75) is 65.0 Å². The number of ether oxygens (including phenoxy) is 2. The molecule has 1 aliphatic rings. The van der Waals surface area contributed by atoms with Crippen molar-refractivity contribution < 1.29 is 9.47 Å². The maximum absolute atomic E-state index is 6.02. The highest BCUT2D eigenvalue weighted by Crippen LogP contribution is 2.48. The monoisotopic (exact) mass is 257 g/mol. The highest BCUT2D eigenvalue weighted by molar-refractivity contribution is 5.06. The average Bonchev–Trinajstić information content (AvgIpc) is 2.38. The molecule has 0 amide bonds. The molecule has 2 unspecified atom stereocenters. The van der Waals surface area contributed by atoms with Gasteiger partial charge in [0.15, 0.2) is 0 Å². The van der Waals surface area contributed by atoms with E-state index in [0.29, 0.717) is 17.6 Å². The Morgan fingerprint density at radius 3 is 2.39 bits per heavy atom. The molecular formula is C15H31NO2. The van der Waals surface area contributed by atoms with Gasteiger partial charge in [0.1, 0.15) is 0 Å². The first-order valence-corrected chi connectivity index (χ1v) is 7.61. The van der Waals surface area contributed by atoms with E-state index in [1.54, 1.807) is 0 Å². The van der Waals surface area contributed by atoms with Gasteiger partial charge in [-0.25, -0.2) is 0 Å². The highest BCUT2D eigenvalue weighted by atomic mass is 16.5. The molecule has 0 spiro atoms. The summed E-state index contributed by atoms with van der Waals surface area (Å²) in [4.78, 5) is 0. The summed E-state index contributed by atoms with van der Waals surface area (Å²) in [7, 11) is 2.06. The average molecular weight is 257 g/mol. The zero-order chi connectivity index (χ0) is 13.4. The van der Waals surface area contributed by atoms with Crippen LogP contribution in [0.4, 0.5) is 0 Å². The molecule has 1 aliphatic carbocycles. The van der Waals surface area contributed by atoms with Crippen LogP contribution in [-0.4, -0.2) is 39.0 Å². The Morgan fingerprint density at radius 1 is 1.11 bits per heavy atom. The third kappa shape index (κ3) is 3.46. The Bertz CT molecular complexity index is 217. The zero-order valence-electron chi connectivity index (χ0n) is 12.6. The molecule has 0 aromatic rings. The van der Waals surface area contributed by atoms with E-state index in [-0.39, 0.29) is 0 Å². The first kappa shape index (κ1) is 15.9. The van der Waals surface area contributed by atoms with E-state index in [1.165, 1.54) is 19.3 Å². The lowest BCUT2D eigenvalue weighted by Crippen LogP contribution is -2.62. The van der Waals surface area contributed by atoms with Gasteiger partial charge in [0.05, 0.1) is 19.3 Å². The van der Waals surface area contributed by atoms with Gasteiger partial charge in [-0.1, -0.05) is 27.2 Å². The largest absolute Gasteiger partial charge is 0.379 e. The number of hydrogen-bond donors (Lipinski definition) is 1. The van der Waals surface area contributed by atoms with Gasteiger partial charge < -0.3 is 14.8 Å². The fraction of sp³-hybridized carbons (Fsp3) is 1.00.